The quantitative estimate of drug-likeness (QED) is 0.761. The van der Waals surface area contributed by atoms with Crippen LogP contribution in [0.2, 0.25) is 0 Å². The Labute approximate surface area is 97.6 Å². The van der Waals surface area contributed by atoms with Crippen molar-refractivity contribution in [2.45, 2.75) is 31.8 Å². The Kier molecular flexibility index (Phi) is 3.87. The van der Waals surface area contributed by atoms with Crippen LogP contribution in [0.4, 0.5) is 0 Å². The second-order valence-corrected chi connectivity index (χ2v) is 7.44. The summed E-state index contributed by atoms with van der Waals surface area (Å²) in [6, 6.07) is 0. The molecule has 1 saturated carbocycles. The lowest BCUT2D eigenvalue weighted by molar-refractivity contribution is 0.0852. The largest absolute Gasteiger partial charge is 0.393 e. The van der Waals surface area contributed by atoms with Gasteiger partial charge in [-0.05, 0) is 25.2 Å². The second-order valence-electron chi connectivity index (χ2n) is 5.14. The molecule has 2 unspecified atom stereocenters. The number of nitrogens with zero attached hydrogens (tertiary/aromatic N) is 1. The molecule has 0 amide bonds. The fraction of sp³-hybridized carbons (Fsp3) is 1.00. The van der Waals surface area contributed by atoms with Crippen molar-refractivity contribution in [3.63, 3.8) is 0 Å². The highest BCUT2D eigenvalue weighted by molar-refractivity contribution is 7.91. The van der Waals surface area contributed by atoms with E-state index in [1.54, 1.807) is 0 Å². The third-order valence-corrected chi connectivity index (χ3v) is 5.32. The van der Waals surface area contributed by atoms with Crippen molar-refractivity contribution in [1.29, 1.82) is 0 Å². The highest BCUT2D eigenvalue weighted by Gasteiger charge is 2.26. The molecule has 94 valence electrons. The molecule has 2 atom stereocenters. The van der Waals surface area contributed by atoms with Gasteiger partial charge in [-0.2, -0.15) is 0 Å². The molecule has 1 heterocycles. The van der Waals surface area contributed by atoms with Gasteiger partial charge in [0.05, 0.1) is 17.6 Å². The van der Waals surface area contributed by atoms with Crippen molar-refractivity contribution in [3.8, 4) is 0 Å². The second kappa shape index (κ2) is 5.02. The van der Waals surface area contributed by atoms with Gasteiger partial charge in [0, 0.05) is 19.6 Å². The van der Waals surface area contributed by atoms with E-state index in [4.69, 9.17) is 0 Å². The van der Waals surface area contributed by atoms with Gasteiger partial charge in [-0.25, -0.2) is 8.42 Å². The number of hydrogen-bond acceptors (Lipinski definition) is 4. The maximum atomic E-state index is 11.3. The topological polar surface area (TPSA) is 57.6 Å². The van der Waals surface area contributed by atoms with E-state index >= 15 is 0 Å². The summed E-state index contributed by atoms with van der Waals surface area (Å²) in [5, 5.41) is 9.58. The van der Waals surface area contributed by atoms with Gasteiger partial charge in [-0.15, -0.1) is 0 Å². The van der Waals surface area contributed by atoms with Crippen LogP contribution in [0.3, 0.4) is 0 Å². The molecule has 0 radical (unpaired) electrons. The highest BCUT2D eigenvalue weighted by atomic mass is 32.2. The van der Waals surface area contributed by atoms with Crippen LogP contribution in [-0.4, -0.2) is 55.7 Å². The van der Waals surface area contributed by atoms with E-state index in [-0.39, 0.29) is 6.10 Å². The average Bonchev–Trinajstić information content (AvgIpc) is 2.21. The summed E-state index contributed by atoms with van der Waals surface area (Å²) >= 11 is 0. The van der Waals surface area contributed by atoms with Gasteiger partial charge in [0.1, 0.15) is 0 Å². The summed E-state index contributed by atoms with van der Waals surface area (Å²) in [6.07, 6.45) is 3.99. The van der Waals surface area contributed by atoms with E-state index in [1.807, 2.05) is 0 Å². The van der Waals surface area contributed by atoms with Crippen molar-refractivity contribution < 1.29 is 13.5 Å². The third kappa shape index (κ3) is 3.43. The van der Waals surface area contributed by atoms with E-state index in [9.17, 15) is 13.5 Å². The first-order chi connectivity index (χ1) is 7.55. The maximum Gasteiger partial charge on any atom is 0.152 e. The van der Waals surface area contributed by atoms with Crippen LogP contribution < -0.4 is 0 Å². The van der Waals surface area contributed by atoms with Gasteiger partial charge in [0.25, 0.3) is 0 Å². The lowest BCUT2D eigenvalue weighted by Crippen LogP contribution is -2.43. The predicted octanol–water partition coefficient (Wildman–Crippen LogP) is 0.268. The molecule has 2 aliphatic rings. The first kappa shape index (κ1) is 12.3. The summed E-state index contributed by atoms with van der Waals surface area (Å²) < 4.78 is 22.5. The number of hydrogen-bond donors (Lipinski definition) is 1. The van der Waals surface area contributed by atoms with Gasteiger partial charge in [-0.1, -0.05) is 6.42 Å². The summed E-state index contributed by atoms with van der Waals surface area (Å²) in [6.45, 7) is 2.32. The normalized spacial score (nSPS) is 36.1. The van der Waals surface area contributed by atoms with E-state index in [0.717, 1.165) is 25.8 Å². The molecule has 1 aliphatic heterocycles. The number of aliphatic hydroxyl groups is 1. The number of sulfone groups is 1. The zero-order valence-corrected chi connectivity index (χ0v) is 10.5. The van der Waals surface area contributed by atoms with Gasteiger partial charge in [0.2, 0.25) is 0 Å². The van der Waals surface area contributed by atoms with Crippen LogP contribution in [0.5, 0.6) is 0 Å². The molecule has 0 aromatic heterocycles. The molecule has 1 aliphatic carbocycles. The van der Waals surface area contributed by atoms with Crippen LogP contribution in [-0.2, 0) is 9.84 Å². The minimum Gasteiger partial charge on any atom is -0.393 e. The van der Waals surface area contributed by atoms with Crippen molar-refractivity contribution in [1.82, 2.24) is 4.90 Å². The first-order valence-electron chi connectivity index (χ1n) is 6.16. The van der Waals surface area contributed by atoms with E-state index < -0.39 is 9.84 Å². The zero-order valence-electron chi connectivity index (χ0n) is 9.64. The molecule has 0 aromatic rings. The fourth-order valence-electron chi connectivity index (χ4n) is 2.73. The standard InChI is InChI=1S/C11H21NO3S/c13-11-3-1-2-10(8-11)9-12-4-6-16(14,15)7-5-12/h10-11,13H,1-9H2. The SMILES string of the molecule is O=S1(=O)CCN(CC2CCCC(O)C2)CC1. The lowest BCUT2D eigenvalue weighted by Gasteiger charge is -2.33. The molecular formula is C11H21NO3S. The monoisotopic (exact) mass is 247 g/mol. The lowest BCUT2D eigenvalue weighted by atomic mass is 9.87. The minimum absolute atomic E-state index is 0.132. The summed E-state index contributed by atoms with van der Waals surface area (Å²) in [5.41, 5.74) is 0. The molecule has 1 N–H and O–H groups in total. The average molecular weight is 247 g/mol. The summed E-state index contributed by atoms with van der Waals surface area (Å²) in [4.78, 5) is 2.24. The Hall–Kier alpha value is -0.130. The summed E-state index contributed by atoms with van der Waals surface area (Å²) in [7, 11) is -2.76. The Morgan fingerprint density at radius 1 is 1.19 bits per heavy atom. The molecule has 5 heteroatoms. The molecule has 1 saturated heterocycles. The van der Waals surface area contributed by atoms with E-state index in [1.165, 1.54) is 6.42 Å². The van der Waals surface area contributed by atoms with Crippen LogP contribution >= 0.6 is 0 Å². The molecule has 16 heavy (non-hydrogen) atoms. The zero-order chi connectivity index (χ0) is 11.6. The van der Waals surface area contributed by atoms with Crippen LogP contribution in [0.25, 0.3) is 0 Å². The van der Waals surface area contributed by atoms with Crippen LogP contribution in [0.15, 0.2) is 0 Å². The highest BCUT2D eigenvalue weighted by Crippen LogP contribution is 2.25. The molecule has 2 fully saturated rings. The number of rotatable bonds is 2. The van der Waals surface area contributed by atoms with Gasteiger partial charge < -0.3 is 10.0 Å². The molecular weight excluding hydrogens is 226 g/mol. The van der Waals surface area contributed by atoms with Gasteiger partial charge in [0.15, 0.2) is 9.84 Å². The van der Waals surface area contributed by atoms with Gasteiger partial charge >= 0.3 is 0 Å². The molecule has 0 aromatic carbocycles. The van der Waals surface area contributed by atoms with Crippen LogP contribution in [0, 0.1) is 5.92 Å². The fourth-order valence-corrected chi connectivity index (χ4v) is 4.00. The predicted molar refractivity (Wildman–Crippen MR) is 63.1 cm³/mol. The van der Waals surface area contributed by atoms with Crippen molar-refractivity contribution in [3.05, 3.63) is 0 Å². The first-order valence-corrected chi connectivity index (χ1v) is 7.98. The molecule has 4 nitrogen and oxygen atoms in total. The van der Waals surface area contributed by atoms with E-state index in [0.29, 0.717) is 30.5 Å². The smallest absolute Gasteiger partial charge is 0.152 e. The van der Waals surface area contributed by atoms with Crippen molar-refractivity contribution in [2.75, 3.05) is 31.1 Å². The third-order valence-electron chi connectivity index (χ3n) is 3.71. The Bertz CT molecular complexity index is 314. The molecule has 0 spiro atoms. The molecule has 0 bridgehead atoms. The Balaban J connectivity index is 1.78. The minimum atomic E-state index is -2.76. The van der Waals surface area contributed by atoms with Crippen LogP contribution in [0.1, 0.15) is 25.7 Å². The molecule has 2 rings (SSSR count). The number of aliphatic hydroxyl groups excluding tert-OH is 1. The Morgan fingerprint density at radius 2 is 1.88 bits per heavy atom. The maximum absolute atomic E-state index is 11.3. The van der Waals surface area contributed by atoms with E-state index in [2.05, 4.69) is 4.90 Å². The van der Waals surface area contributed by atoms with Crippen molar-refractivity contribution in [2.24, 2.45) is 5.92 Å². The van der Waals surface area contributed by atoms with Gasteiger partial charge in [-0.3, -0.25) is 0 Å². The Morgan fingerprint density at radius 3 is 2.50 bits per heavy atom. The van der Waals surface area contributed by atoms with Crippen molar-refractivity contribution >= 4 is 9.84 Å². The summed E-state index contributed by atoms with van der Waals surface area (Å²) in [5.74, 6) is 1.18.